The van der Waals surface area contributed by atoms with E-state index in [-0.39, 0.29) is 14.1 Å². The number of halogens is 1. The Morgan fingerprint density at radius 1 is 1.60 bits per heavy atom. The topological polar surface area (TPSA) is 12.0 Å². The van der Waals surface area contributed by atoms with E-state index in [1.165, 1.54) is 0 Å². The van der Waals surface area contributed by atoms with Crippen molar-refractivity contribution in [2.24, 2.45) is 0 Å². The van der Waals surface area contributed by atoms with Crippen LogP contribution in [0.1, 0.15) is 27.7 Å². The van der Waals surface area contributed by atoms with Crippen LogP contribution in [0.15, 0.2) is 0 Å². The molecule has 0 aromatic rings. The van der Waals surface area contributed by atoms with Crippen LogP contribution in [0.5, 0.6) is 0 Å². The van der Waals surface area contributed by atoms with Gasteiger partial charge in [0.1, 0.15) is 0 Å². The van der Waals surface area contributed by atoms with Gasteiger partial charge in [-0.1, -0.05) is 26.3 Å². The maximum Gasteiger partial charge on any atom is 0.0734 e. The zero-order valence-corrected chi connectivity index (χ0v) is 9.54. The van der Waals surface area contributed by atoms with E-state index in [0.29, 0.717) is 0 Å². The Labute approximate surface area is 71.4 Å². The summed E-state index contributed by atoms with van der Waals surface area (Å²) in [5.41, 5.74) is 0.793. The summed E-state index contributed by atoms with van der Waals surface area (Å²) in [6.45, 7) is 9.63. The monoisotopic (exact) mass is 179 g/mol. The summed E-state index contributed by atoms with van der Waals surface area (Å²) in [7, 11) is -0.183. The molecule has 3 heteroatoms. The Kier molecular flexibility index (Phi) is 4.57. The van der Waals surface area contributed by atoms with Gasteiger partial charge in [0, 0.05) is 0 Å². The Hall–Kier alpha value is 0.467. The van der Waals surface area contributed by atoms with Crippen molar-refractivity contribution < 1.29 is 0 Å². The Morgan fingerprint density at radius 2 is 2.10 bits per heavy atom. The molecule has 0 saturated carbocycles. The van der Waals surface area contributed by atoms with Crippen molar-refractivity contribution >= 4 is 21.1 Å². The molecule has 0 spiro atoms. The highest BCUT2D eigenvalue weighted by Gasteiger charge is 2.20. The van der Waals surface area contributed by atoms with E-state index in [9.17, 15) is 0 Å². The second-order valence-corrected chi connectivity index (χ2v) is 8.06. The molecule has 0 radical (unpaired) electrons. The minimum Gasteiger partial charge on any atom is -0.303 e. The SMILES string of the molecule is CCNC(C)(Cl)[SiH2]C(C)C. The molecule has 0 bridgehead atoms. The van der Waals surface area contributed by atoms with Crippen LogP contribution in [0.3, 0.4) is 0 Å². The Morgan fingerprint density at radius 3 is 2.40 bits per heavy atom. The van der Waals surface area contributed by atoms with Gasteiger partial charge in [0.15, 0.2) is 0 Å². The van der Waals surface area contributed by atoms with E-state index in [1.807, 2.05) is 0 Å². The lowest BCUT2D eigenvalue weighted by molar-refractivity contribution is 0.643. The molecule has 10 heavy (non-hydrogen) atoms. The molecule has 0 aliphatic carbocycles. The standard InChI is InChI=1S/C7H18ClNSi/c1-5-9-7(4,8)10-6(2)3/h6,9H,5,10H2,1-4H3. The van der Waals surface area contributed by atoms with E-state index in [0.717, 1.165) is 12.1 Å². The van der Waals surface area contributed by atoms with Gasteiger partial charge in [-0.15, -0.1) is 11.6 Å². The lowest BCUT2D eigenvalue weighted by Crippen LogP contribution is -2.43. The molecule has 1 unspecified atom stereocenters. The van der Waals surface area contributed by atoms with Crippen molar-refractivity contribution in [1.82, 2.24) is 5.32 Å². The van der Waals surface area contributed by atoms with Crippen molar-refractivity contribution in [3.05, 3.63) is 0 Å². The first-order chi connectivity index (χ1) is 4.48. The molecule has 1 atom stereocenters. The molecule has 62 valence electrons. The number of hydrogen-bond donors (Lipinski definition) is 1. The molecule has 1 N–H and O–H groups in total. The van der Waals surface area contributed by atoms with Crippen LogP contribution in [0, 0.1) is 0 Å². The molecular formula is C7H18ClNSi. The normalized spacial score (nSPS) is 18.6. The van der Waals surface area contributed by atoms with Gasteiger partial charge in [0.25, 0.3) is 0 Å². The molecule has 0 aromatic carbocycles. The predicted molar refractivity (Wildman–Crippen MR) is 51.6 cm³/mol. The van der Waals surface area contributed by atoms with Crippen LogP contribution in [-0.4, -0.2) is 20.7 Å². The quantitative estimate of drug-likeness (QED) is 0.392. The number of alkyl halides is 1. The second kappa shape index (κ2) is 4.37. The van der Waals surface area contributed by atoms with Gasteiger partial charge in [-0.25, -0.2) is 0 Å². The van der Waals surface area contributed by atoms with Crippen molar-refractivity contribution in [3.8, 4) is 0 Å². The Bertz CT molecular complexity index is 93.6. The van der Waals surface area contributed by atoms with E-state index < -0.39 is 0 Å². The fourth-order valence-corrected chi connectivity index (χ4v) is 4.19. The van der Waals surface area contributed by atoms with Crippen LogP contribution in [0.4, 0.5) is 0 Å². The summed E-state index contributed by atoms with van der Waals surface area (Å²) < 4.78 is -0.0666. The van der Waals surface area contributed by atoms with Gasteiger partial charge in [-0.2, -0.15) is 0 Å². The molecule has 0 heterocycles. The summed E-state index contributed by atoms with van der Waals surface area (Å²) in [5.74, 6) is 0. The fourth-order valence-electron chi connectivity index (χ4n) is 1.21. The highest BCUT2D eigenvalue weighted by molar-refractivity contribution is 6.57. The average Bonchev–Trinajstić information content (AvgIpc) is 1.59. The summed E-state index contributed by atoms with van der Waals surface area (Å²) in [6, 6.07) is 0. The molecule has 0 amide bonds. The smallest absolute Gasteiger partial charge is 0.0734 e. The van der Waals surface area contributed by atoms with E-state index in [4.69, 9.17) is 11.6 Å². The third-order valence-corrected chi connectivity index (χ3v) is 3.77. The highest BCUT2D eigenvalue weighted by atomic mass is 35.5. The first-order valence-electron chi connectivity index (χ1n) is 3.92. The van der Waals surface area contributed by atoms with Crippen molar-refractivity contribution in [1.29, 1.82) is 0 Å². The van der Waals surface area contributed by atoms with Crippen LogP contribution in [0.2, 0.25) is 5.54 Å². The molecule has 0 aromatic heterocycles. The molecule has 0 rings (SSSR count). The third kappa shape index (κ3) is 5.27. The molecular weight excluding hydrogens is 162 g/mol. The van der Waals surface area contributed by atoms with Crippen LogP contribution >= 0.6 is 11.6 Å². The maximum absolute atomic E-state index is 6.18. The minimum atomic E-state index is -0.183. The zero-order chi connectivity index (χ0) is 8.20. The summed E-state index contributed by atoms with van der Waals surface area (Å²) in [4.78, 5) is 0. The summed E-state index contributed by atoms with van der Waals surface area (Å²) in [6.07, 6.45) is 0. The van der Waals surface area contributed by atoms with Crippen LogP contribution in [-0.2, 0) is 0 Å². The molecule has 0 aliphatic heterocycles. The summed E-state index contributed by atoms with van der Waals surface area (Å²) >= 11 is 6.18. The minimum absolute atomic E-state index is 0.0666. The molecule has 1 nitrogen and oxygen atoms in total. The summed E-state index contributed by atoms with van der Waals surface area (Å²) in [5, 5.41) is 3.28. The Balaban J connectivity index is 3.63. The van der Waals surface area contributed by atoms with Gasteiger partial charge >= 0.3 is 0 Å². The number of rotatable bonds is 4. The van der Waals surface area contributed by atoms with Gasteiger partial charge in [0.05, 0.1) is 14.1 Å². The van der Waals surface area contributed by atoms with Gasteiger partial charge in [0.2, 0.25) is 0 Å². The molecule has 0 fully saturated rings. The van der Waals surface area contributed by atoms with E-state index in [1.54, 1.807) is 0 Å². The fraction of sp³-hybridized carbons (Fsp3) is 1.00. The second-order valence-electron chi connectivity index (χ2n) is 3.33. The van der Waals surface area contributed by atoms with Gasteiger partial charge in [-0.3, -0.25) is 0 Å². The van der Waals surface area contributed by atoms with Crippen LogP contribution in [0.25, 0.3) is 0 Å². The number of hydrogen-bond acceptors (Lipinski definition) is 1. The lowest BCUT2D eigenvalue weighted by Gasteiger charge is -2.24. The average molecular weight is 180 g/mol. The van der Waals surface area contributed by atoms with Crippen molar-refractivity contribution in [2.45, 2.75) is 37.9 Å². The van der Waals surface area contributed by atoms with Gasteiger partial charge < -0.3 is 5.32 Å². The van der Waals surface area contributed by atoms with E-state index >= 15 is 0 Å². The van der Waals surface area contributed by atoms with Gasteiger partial charge in [-0.05, 0) is 13.5 Å². The van der Waals surface area contributed by atoms with Crippen molar-refractivity contribution in [2.75, 3.05) is 6.54 Å². The predicted octanol–water partition coefficient (Wildman–Crippen LogP) is 1.51. The van der Waals surface area contributed by atoms with E-state index in [2.05, 4.69) is 33.0 Å². The first-order valence-corrected chi connectivity index (χ1v) is 5.82. The highest BCUT2D eigenvalue weighted by Crippen LogP contribution is 2.14. The van der Waals surface area contributed by atoms with Crippen LogP contribution < -0.4 is 5.32 Å². The third-order valence-electron chi connectivity index (χ3n) is 1.34. The number of nitrogens with one attached hydrogen (secondary N) is 1. The largest absolute Gasteiger partial charge is 0.303 e. The maximum atomic E-state index is 6.18. The molecule has 0 saturated heterocycles. The first kappa shape index (κ1) is 10.5. The zero-order valence-electron chi connectivity index (χ0n) is 7.37. The van der Waals surface area contributed by atoms with Crippen molar-refractivity contribution in [3.63, 3.8) is 0 Å². The molecule has 0 aliphatic rings. The lowest BCUT2D eigenvalue weighted by atomic mass is 10.6.